The van der Waals surface area contributed by atoms with Crippen molar-refractivity contribution >= 4 is 17.6 Å². The largest absolute Gasteiger partial charge is 0.476 e. The summed E-state index contributed by atoms with van der Waals surface area (Å²) in [6.45, 7) is 9.65. The molecule has 3 nitrogen and oxygen atoms in total. The molecule has 0 aliphatic rings. The van der Waals surface area contributed by atoms with E-state index in [4.69, 9.17) is 21.1 Å². The topological polar surface area (TPSA) is 35.5 Å². The smallest absolute Gasteiger partial charge is 0.350 e. The van der Waals surface area contributed by atoms with Gasteiger partial charge in [0, 0.05) is 5.02 Å². The lowest BCUT2D eigenvalue weighted by molar-refractivity contribution is -0.160. The van der Waals surface area contributed by atoms with Crippen LogP contribution in [0.4, 0.5) is 0 Å². The third-order valence-corrected chi connectivity index (χ3v) is 4.78. The molecule has 0 saturated heterocycles. The van der Waals surface area contributed by atoms with Crippen LogP contribution in [0.1, 0.15) is 43.9 Å². The predicted octanol–water partition coefficient (Wildman–Crippen LogP) is 5.77. The molecule has 2 aromatic carbocycles. The van der Waals surface area contributed by atoms with E-state index in [1.807, 2.05) is 49.4 Å². The Morgan fingerprint density at radius 3 is 2.41 bits per heavy atom. The molecule has 0 N–H and O–H groups in total. The average Bonchev–Trinajstić information content (AvgIpc) is 2.66. The zero-order chi connectivity index (χ0) is 19.9. The summed E-state index contributed by atoms with van der Waals surface area (Å²) in [5, 5.41) is 0.729. The van der Waals surface area contributed by atoms with Crippen LogP contribution in [0.5, 0.6) is 5.75 Å². The molecule has 27 heavy (non-hydrogen) atoms. The first-order valence-electron chi connectivity index (χ1n) is 9.25. The fraction of sp³-hybridized carbons (Fsp3) is 0.348. The standard InChI is InChI=1S/C23H27ClO3/c1-5-8-19-16-18(15-17-9-12-20(24)13-10-17)11-14-21(19)27-23(4,6-2)22(25)26-7-3/h5,9-14,16H,1,6-8,15H2,2-4H3. The van der Waals surface area contributed by atoms with Gasteiger partial charge in [0.25, 0.3) is 0 Å². The summed E-state index contributed by atoms with van der Waals surface area (Å²) < 4.78 is 11.3. The van der Waals surface area contributed by atoms with Gasteiger partial charge in [-0.2, -0.15) is 0 Å². The van der Waals surface area contributed by atoms with Crippen LogP contribution in [-0.2, 0) is 22.4 Å². The van der Waals surface area contributed by atoms with Gasteiger partial charge in [-0.05, 0) is 68.0 Å². The van der Waals surface area contributed by atoms with Crippen LogP contribution < -0.4 is 4.74 Å². The molecule has 144 valence electrons. The second-order valence-electron chi connectivity index (χ2n) is 6.65. The molecule has 0 aliphatic carbocycles. The number of halogens is 1. The van der Waals surface area contributed by atoms with Crippen LogP contribution in [0.25, 0.3) is 0 Å². The molecule has 0 spiro atoms. The van der Waals surface area contributed by atoms with E-state index in [1.54, 1.807) is 13.8 Å². The van der Waals surface area contributed by atoms with Crippen molar-refractivity contribution in [2.75, 3.05) is 6.61 Å². The minimum Gasteiger partial charge on any atom is -0.476 e. The van der Waals surface area contributed by atoms with Crippen molar-refractivity contribution in [2.24, 2.45) is 0 Å². The van der Waals surface area contributed by atoms with Crippen LogP contribution in [0.15, 0.2) is 55.1 Å². The molecule has 0 amide bonds. The maximum absolute atomic E-state index is 12.3. The Balaban J connectivity index is 2.27. The van der Waals surface area contributed by atoms with Gasteiger partial charge in [-0.1, -0.05) is 48.9 Å². The highest BCUT2D eigenvalue weighted by Gasteiger charge is 2.35. The number of carbonyl (C=O) groups excluding carboxylic acids is 1. The molecule has 1 atom stereocenters. The number of carbonyl (C=O) groups is 1. The summed E-state index contributed by atoms with van der Waals surface area (Å²) in [5.41, 5.74) is 2.34. The molecule has 0 aliphatic heterocycles. The summed E-state index contributed by atoms with van der Waals surface area (Å²) in [4.78, 5) is 12.3. The van der Waals surface area contributed by atoms with Crippen LogP contribution in [0, 0.1) is 0 Å². The van der Waals surface area contributed by atoms with E-state index in [9.17, 15) is 4.79 Å². The van der Waals surface area contributed by atoms with Gasteiger partial charge in [0.2, 0.25) is 5.60 Å². The number of esters is 1. The average molecular weight is 387 g/mol. The monoisotopic (exact) mass is 386 g/mol. The van der Waals surface area contributed by atoms with E-state index in [0.717, 1.165) is 22.6 Å². The maximum Gasteiger partial charge on any atom is 0.350 e. The number of hydrogen-bond donors (Lipinski definition) is 0. The highest BCUT2D eigenvalue weighted by atomic mass is 35.5. The quantitative estimate of drug-likeness (QED) is 0.405. The van der Waals surface area contributed by atoms with Crippen molar-refractivity contribution in [1.29, 1.82) is 0 Å². The number of ether oxygens (including phenoxy) is 2. The Labute approximate surface area is 167 Å². The Bertz CT molecular complexity index is 783. The van der Waals surface area contributed by atoms with Crippen molar-refractivity contribution < 1.29 is 14.3 Å². The number of benzene rings is 2. The van der Waals surface area contributed by atoms with E-state index in [0.29, 0.717) is 25.2 Å². The molecule has 2 rings (SSSR count). The van der Waals surface area contributed by atoms with E-state index >= 15 is 0 Å². The molecule has 0 fully saturated rings. The molecular weight excluding hydrogens is 360 g/mol. The first-order chi connectivity index (χ1) is 12.9. The predicted molar refractivity (Wildman–Crippen MR) is 111 cm³/mol. The maximum atomic E-state index is 12.3. The van der Waals surface area contributed by atoms with E-state index < -0.39 is 5.60 Å². The Hall–Kier alpha value is -2.26. The minimum atomic E-state index is -1.01. The lowest BCUT2D eigenvalue weighted by Gasteiger charge is -2.28. The van der Waals surface area contributed by atoms with Crippen LogP contribution in [0.2, 0.25) is 5.02 Å². The fourth-order valence-electron chi connectivity index (χ4n) is 2.78. The van der Waals surface area contributed by atoms with Gasteiger partial charge in [-0.25, -0.2) is 4.79 Å². The van der Waals surface area contributed by atoms with E-state index in [1.165, 1.54) is 5.56 Å². The Morgan fingerprint density at radius 1 is 1.15 bits per heavy atom. The molecule has 0 heterocycles. The van der Waals surface area contributed by atoms with Crippen molar-refractivity contribution in [2.45, 2.75) is 45.6 Å². The summed E-state index contributed by atoms with van der Waals surface area (Å²) in [6.07, 6.45) is 3.81. The van der Waals surface area contributed by atoms with Crippen molar-refractivity contribution in [3.8, 4) is 5.75 Å². The van der Waals surface area contributed by atoms with Crippen molar-refractivity contribution in [3.63, 3.8) is 0 Å². The van der Waals surface area contributed by atoms with Crippen LogP contribution >= 0.6 is 11.6 Å². The summed E-state index contributed by atoms with van der Waals surface area (Å²) >= 11 is 5.96. The number of hydrogen-bond acceptors (Lipinski definition) is 3. The van der Waals surface area contributed by atoms with E-state index in [2.05, 4.69) is 12.6 Å². The van der Waals surface area contributed by atoms with Crippen LogP contribution in [0.3, 0.4) is 0 Å². The van der Waals surface area contributed by atoms with Gasteiger partial charge in [-0.15, -0.1) is 6.58 Å². The molecule has 0 aromatic heterocycles. The first-order valence-corrected chi connectivity index (χ1v) is 9.63. The summed E-state index contributed by atoms with van der Waals surface area (Å²) in [5.74, 6) is 0.342. The zero-order valence-electron chi connectivity index (χ0n) is 16.3. The normalized spacial score (nSPS) is 12.9. The molecular formula is C23H27ClO3. The van der Waals surface area contributed by atoms with Crippen molar-refractivity contribution in [3.05, 3.63) is 76.8 Å². The molecule has 1 unspecified atom stereocenters. The number of rotatable bonds is 9. The summed E-state index contributed by atoms with van der Waals surface area (Å²) in [7, 11) is 0. The van der Waals surface area contributed by atoms with Gasteiger partial charge in [-0.3, -0.25) is 0 Å². The Morgan fingerprint density at radius 2 is 1.81 bits per heavy atom. The molecule has 2 aromatic rings. The third-order valence-electron chi connectivity index (χ3n) is 4.53. The molecule has 4 heteroatoms. The molecule has 0 bridgehead atoms. The number of allylic oxidation sites excluding steroid dienone is 1. The third kappa shape index (κ3) is 5.61. The highest BCUT2D eigenvalue weighted by molar-refractivity contribution is 6.30. The van der Waals surface area contributed by atoms with Crippen molar-refractivity contribution in [1.82, 2.24) is 0 Å². The van der Waals surface area contributed by atoms with Gasteiger partial charge < -0.3 is 9.47 Å². The molecule has 0 radical (unpaired) electrons. The summed E-state index contributed by atoms with van der Waals surface area (Å²) in [6, 6.07) is 13.9. The van der Waals surface area contributed by atoms with E-state index in [-0.39, 0.29) is 5.97 Å². The van der Waals surface area contributed by atoms with Gasteiger partial charge in [0.05, 0.1) is 6.61 Å². The Kier molecular flexibility index (Phi) is 7.49. The minimum absolute atomic E-state index is 0.331. The second-order valence-corrected chi connectivity index (χ2v) is 7.08. The second kappa shape index (κ2) is 9.61. The fourth-order valence-corrected chi connectivity index (χ4v) is 2.91. The SMILES string of the molecule is C=CCc1cc(Cc2ccc(Cl)cc2)ccc1OC(C)(CC)C(=O)OCC. The lowest BCUT2D eigenvalue weighted by atomic mass is 9.99. The van der Waals surface area contributed by atoms with Gasteiger partial charge >= 0.3 is 5.97 Å². The highest BCUT2D eigenvalue weighted by Crippen LogP contribution is 2.29. The van der Waals surface area contributed by atoms with Crippen LogP contribution in [-0.4, -0.2) is 18.2 Å². The first kappa shape index (κ1) is 21.0. The van der Waals surface area contributed by atoms with Gasteiger partial charge in [0.15, 0.2) is 0 Å². The lowest BCUT2D eigenvalue weighted by Crippen LogP contribution is -2.42. The zero-order valence-corrected chi connectivity index (χ0v) is 17.0. The molecule has 0 saturated carbocycles. The van der Waals surface area contributed by atoms with Gasteiger partial charge in [0.1, 0.15) is 5.75 Å².